The fourth-order valence-corrected chi connectivity index (χ4v) is 3.26. The summed E-state index contributed by atoms with van der Waals surface area (Å²) in [6.45, 7) is -0.769. The van der Waals surface area contributed by atoms with Gasteiger partial charge in [-0.15, -0.1) is 0 Å². The SMILES string of the molecule is Nc1nc(F)nc2c1ncn2[C@@H]1O[C@H](CO[C@H](C(=O)O)P(=O)(O)O)[C@H](O)[C@H]1O. The first kappa shape index (κ1) is 20.5. The molecule has 0 radical (unpaired) electrons. The van der Waals surface area contributed by atoms with Crippen LogP contribution in [0.4, 0.5) is 10.2 Å². The van der Waals surface area contributed by atoms with E-state index in [0.717, 1.165) is 10.9 Å². The molecule has 0 saturated carbocycles. The lowest BCUT2D eigenvalue weighted by Crippen LogP contribution is -2.36. The molecule has 1 fully saturated rings. The molecule has 0 unspecified atom stereocenters. The Morgan fingerprint density at radius 3 is 2.68 bits per heavy atom. The molecular formula is C12H15FN5O9P. The first-order valence-corrected chi connectivity index (χ1v) is 9.25. The highest BCUT2D eigenvalue weighted by Crippen LogP contribution is 2.42. The molecule has 0 spiro atoms. The molecule has 28 heavy (non-hydrogen) atoms. The zero-order valence-electron chi connectivity index (χ0n) is 13.7. The van der Waals surface area contributed by atoms with E-state index in [4.69, 9.17) is 25.4 Å². The summed E-state index contributed by atoms with van der Waals surface area (Å²) in [7, 11) is -5.14. The Labute approximate surface area is 154 Å². The first-order chi connectivity index (χ1) is 13.0. The number of ether oxygens (including phenoxy) is 2. The van der Waals surface area contributed by atoms with Gasteiger partial charge in [0.05, 0.1) is 12.9 Å². The van der Waals surface area contributed by atoms with Crippen LogP contribution in [0.2, 0.25) is 0 Å². The highest BCUT2D eigenvalue weighted by Gasteiger charge is 2.46. The zero-order valence-corrected chi connectivity index (χ0v) is 14.6. The molecule has 5 atom stereocenters. The third-order valence-electron chi connectivity index (χ3n) is 3.97. The summed E-state index contributed by atoms with van der Waals surface area (Å²) in [6, 6.07) is 0. The number of imidazole rings is 1. The van der Waals surface area contributed by atoms with Gasteiger partial charge in [-0.05, 0) is 0 Å². The predicted molar refractivity (Wildman–Crippen MR) is 85.0 cm³/mol. The van der Waals surface area contributed by atoms with E-state index in [9.17, 15) is 24.0 Å². The van der Waals surface area contributed by atoms with Gasteiger partial charge in [0.15, 0.2) is 23.2 Å². The van der Waals surface area contributed by atoms with Gasteiger partial charge in [-0.3, -0.25) is 9.13 Å². The summed E-state index contributed by atoms with van der Waals surface area (Å²) in [6.07, 6.45) is -6.00. The lowest BCUT2D eigenvalue weighted by Gasteiger charge is -2.19. The number of nitrogens with two attached hydrogens (primary N) is 1. The second kappa shape index (κ2) is 7.29. The Morgan fingerprint density at radius 2 is 2.07 bits per heavy atom. The number of anilines is 1. The highest BCUT2D eigenvalue weighted by atomic mass is 31.2. The fraction of sp³-hybridized carbons (Fsp3) is 0.500. The molecule has 1 saturated heterocycles. The van der Waals surface area contributed by atoms with Crippen molar-refractivity contribution in [3.05, 3.63) is 12.4 Å². The summed E-state index contributed by atoms with van der Waals surface area (Å²) in [5.74, 6) is -4.66. The van der Waals surface area contributed by atoms with Crippen LogP contribution in [0.5, 0.6) is 0 Å². The van der Waals surface area contributed by atoms with Gasteiger partial charge in [-0.25, -0.2) is 9.78 Å². The summed E-state index contributed by atoms with van der Waals surface area (Å²) >= 11 is 0. The van der Waals surface area contributed by atoms with E-state index < -0.39 is 56.6 Å². The number of aliphatic hydroxyl groups is 2. The van der Waals surface area contributed by atoms with E-state index in [1.54, 1.807) is 0 Å². The number of nitrogens with zero attached hydrogens (tertiary/aromatic N) is 4. The Kier molecular flexibility index (Phi) is 5.33. The number of carboxylic acid groups (broad SMARTS) is 1. The van der Waals surface area contributed by atoms with Crippen LogP contribution < -0.4 is 5.73 Å². The number of carboxylic acids is 1. The Hall–Kier alpha value is -2.26. The third-order valence-corrected chi connectivity index (χ3v) is 4.95. The van der Waals surface area contributed by atoms with Crippen molar-refractivity contribution in [1.29, 1.82) is 0 Å². The zero-order chi connectivity index (χ0) is 20.8. The topological polar surface area (TPSA) is 223 Å². The molecule has 7 N–H and O–H groups in total. The van der Waals surface area contributed by atoms with Crippen LogP contribution in [0.25, 0.3) is 11.2 Å². The molecule has 154 valence electrons. The molecule has 0 bridgehead atoms. The largest absolute Gasteiger partial charge is 0.479 e. The second-order valence-corrected chi connectivity index (χ2v) is 7.51. The normalized spacial score (nSPS) is 26.6. The van der Waals surface area contributed by atoms with Gasteiger partial charge < -0.3 is 40.3 Å². The molecule has 0 aliphatic carbocycles. The lowest BCUT2D eigenvalue weighted by molar-refractivity contribution is -0.149. The Bertz CT molecular complexity index is 951. The lowest BCUT2D eigenvalue weighted by atomic mass is 10.1. The predicted octanol–water partition coefficient (Wildman–Crippen LogP) is -2.23. The summed E-state index contributed by atoms with van der Waals surface area (Å²) in [4.78, 5) is 39.6. The van der Waals surface area contributed by atoms with Gasteiger partial charge in [0.2, 0.25) is 0 Å². The van der Waals surface area contributed by atoms with Crippen LogP contribution in [0.1, 0.15) is 6.23 Å². The van der Waals surface area contributed by atoms with Crippen LogP contribution in [-0.4, -0.2) is 81.4 Å². The number of aromatic nitrogens is 4. The molecule has 14 nitrogen and oxygen atoms in total. The van der Waals surface area contributed by atoms with Crippen molar-refractivity contribution in [3.8, 4) is 0 Å². The minimum atomic E-state index is -5.14. The number of carbonyl (C=O) groups is 1. The number of fused-ring (bicyclic) bond motifs is 1. The summed E-state index contributed by atoms with van der Waals surface area (Å²) < 4.78 is 35.7. The van der Waals surface area contributed by atoms with Gasteiger partial charge in [-0.2, -0.15) is 14.4 Å². The molecule has 1 aliphatic rings. The van der Waals surface area contributed by atoms with Crippen molar-refractivity contribution in [3.63, 3.8) is 0 Å². The van der Waals surface area contributed by atoms with Crippen molar-refractivity contribution in [2.24, 2.45) is 0 Å². The van der Waals surface area contributed by atoms with E-state index >= 15 is 0 Å². The smallest absolute Gasteiger partial charge is 0.365 e. The third kappa shape index (κ3) is 3.68. The second-order valence-electron chi connectivity index (χ2n) is 5.86. The van der Waals surface area contributed by atoms with Crippen molar-refractivity contribution < 1.29 is 48.3 Å². The van der Waals surface area contributed by atoms with Crippen molar-refractivity contribution >= 4 is 30.5 Å². The van der Waals surface area contributed by atoms with Gasteiger partial charge in [0.1, 0.15) is 18.3 Å². The number of aliphatic carboxylic acids is 1. The number of aliphatic hydroxyl groups excluding tert-OH is 2. The molecule has 0 aromatic carbocycles. The Balaban J connectivity index is 1.81. The highest BCUT2D eigenvalue weighted by molar-refractivity contribution is 7.53. The molecular weight excluding hydrogens is 408 g/mol. The first-order valence-electron chi connectivity index (χ1n) is 7.57. The summed E-state index contributed by atoms with van der Waals surface area (Å²) in [5.41, 5.74) is 5.41. The van der Waals surface area contributed by atoms with E-state index in [2.05, 4.69) is 19.7 Å². The van der Waals surface area contributed by atoms with Gasteiger partial charge in [-0.1, -0.05) is 0 Å². The van der Waals surface area contributed by atoms with E-state index in [1.165, 1.54) is 0 Å². The average Bonchev–Trinajstić information content (AvgIpc) is 3.09. The van der Waals surface area contributed by atoms with E-state index in [-0.39, 0.29) is 17.0 Å². The number of hydrogen-bond donors (Lipinski definition) is 6. The minimum absolute atomic E-state index is 0.0128. The maximum atomic E-state index is 13.4. The fourth-order valence-electron chi connectivity index (χ4n) is 2.69. The molecule has 2 aromatic rings. The molecule has 3 rings (SSSR count). The van der Waals surface area contributed by atoms with Gasteiger partial charge in [0.25, 0.3) is 5.85 Å². The molecule has 2 aromatic heterocycles. The standard InChI is InChI=1S/C12H15FN5O9P/c13-12-16-7(14)4-8(17-12)18(2-15-4)9-6(20)5(19)3(27-9)1-26-11(10(21)22)28(23,24)25/h2-3,5-6,9,11,19-20H,1H2,(H,21,22)(H2,14,16,17)(H2,23,24,25)/t3-,5+,6-,9-,11+/m1/s1. The molecule has 1 aliphatic heterocycles. The van der Waals surface area contributed by atoms with Crippen molar-refractivity contribution in [2.75, 3.05) is 12.3 Å². The van der Waals surface area contributed by atoms with E-state index in [0.29, 0.717) is 0 Å². The van der Waals surface area contributed by atoms with Gasteiger partial charge in [0, 0.05) is 0 Å². The van der Waals surface area contributed by atoms with Crippen LogP contribution in [0, 0.1) is 6.08 Å². The monoisotopic (exact) mass is 423 g/mol. The maximum Gasteiger partial charge on any atom is 0.365 e. The van der Waals surface area contributed by atoms with Gasteiger partial charge >= 0.3 is 19.6 Å². The van der Waals surface area contributed by atoms with Crippen molar-refractivity contribution in [2.45, 2.75) is 30.4 Å². The van der Waals surface area contributed by atoms with E-state index in [1.807, 2.05) is 0 Å². The Morgan fingerprint density at radius 1 is 1.39 bits per heavy atom. The molecule has 0 amide bonds. The molecule has 3 heterocycles. The summed E-state index contributed by atoms with van der Waals surface area (Å²) in [5, 5.41) is 29.1. The van der Waals surface area contributed by atoms with Crippen molar-refractivity contribution in [1.82, 2.24) is 19.5 Å². The number of rotatable bonds is 6. The minimum Gasteiger partial charge on any atom is -0.479 e. The average molecular weight is 423 g/mol. The molecule has 16 heteroatoms. The quantitative estimate of drug-likeness (QED) is 0.214. The van der Waals surface area contributed by atoms with Crippen LogP contribution >= 0.6 is 7.60 Å². The van der Waals surface area contributed by atoms with Crippen LogP contribution in [-0.2, 0) is 18.8 Å². The van der Waals surface area contributed by atoms with Crippen LogP contribution in [0.15, 0.2) is 6.33 Å². The number of halogens is 1. The maximum absolute atomic E-state index is 13.4. The number of hydrogen-bond acceptors (Lipinski definition) is 10. The number of nitrogen functional groups attached to an aromatic ring is 1. The van der Waals surface area contributed by atoms with Crippen LogP contribution in [0.3, 0.4) is 0 Å².